The summed E-state index contributed by atoms with van der Waals surface area (Å²) in [4.78, 5) is 17.3. The Labute approximate surface area is 180 Å². The Kier molecular flexibility index (Phi) is 6.25. The number of thioether (sulfide) groups is 1. The maximum absolute atomic E-state index is 13.0. The molecule has 0 saturated carbocycles. The van der Waals surface area contributed by atoms with Gasteiger partial charge in [-0.05, 0) is 30.2 Å². The van der Waals surface area contributed by atoms with Crippen molar-refractivity contribution in [2.45, 2.75) is 23.4 Å². The summed E-state index contributed by atoms with van der Waals surface area (Å²) in [6.45, 7) is 1.87. The van der Waals surface area contributed by atoms with Gasteiger partial charge in [0.25, 0.3) is 0 Å². The molecule has 1 atom stereocenters. The summed E-state index contributed by atoms with van der Waals surface area (Å²) in [5.41, 5.74) is 3.02. The number of rotatable bonds is 7. The van der Waals surface area contributed by atoms with E-state index in [-0.39, 0.29) is 17.2 Å². The van der Waals surface area contributed by atoms with Gasteiger partial charge in [-0.25, -0.2) is 9.67 Å². The van der Waals surface area contributed by atoms with Crippen molar-refractivity contribution in [2.75, 3.05) is 0 Å². The van der Waals surface area contributed by atoms with Crippen molar-refractivity contribution in [3.05, 3.63) is 108 Å². The number of nitrogens with zero attached hydrogens (tertiary/aromatic N) is 3. The van der Waals surface area contributed by atoms with E-state index in [0.29, 0.717) is 5.16 Å². The predicted molar refractivity (Wildman–Crippen MR) is 120 cm³/mol. The third-order valence-corrected chi connectivity index (χ3v) is 5.66. The zero-order chi connectivity index (χ0) is 20.8. The molecular formula is C24H22N4OS. The minimum atomic E-state index is -0.341. The van der Waals surface area contributed by atoms with Crippen LogP contribution in [0, 0.1) is 0 Å². The first-order chi connectivity index (χ1) is 14.7. The van der Waals surface area contributed by atoms with Crippen LogP contribution in [0.2, 0.25) is 0 Å². The summed E-state index contributed by atoms with van der Waals surface area (Å²) in [5.74, 6) is -0.0613. The van der Waals surface area contributed by atoms with E-state index in [9.17, 15) is 4.79 Å². The first kappa shape index (κ1) is 19.9. The fraction of sp³-hybridized carbons (Fsp3) is 0.125. The summed E-state index contributed by atoms with van der Waals surface area (Å²) in [6.07, 6.45) is 1.67. The van der Waals surface area contributed by atoms with E-state index in [1.165, 1.54) is 11.8 Å². The quantitative estimate of drug-likeness (QED) is 0.447. The van der Waals surface area contributed by atoms with Crippen LogP contribution in [-0.2, 0) is 4.79 Å². The second-order valence-corrected chi connectivity index (χ2v) is 8.14. The Morgan fingerprint density at radius 1 is 0.867 bits per heavy atom. The van der Waals surface area contributed by atoms with Crippen LogP contribution in [-0.4, -0.2) is 25.9 Å². The van der Waals surface area contributed by atoms with Crippen molar-refractivity contribution in [3.8, 4) is 5.69 Å². The molecule has 4 aromatic rings. The average molecular weight is 415 g/mol. The molecular weight excluding hydrogens is 392 g/mol. The Morgan fingerprint density at radius 2 is 1.40 bits per heavy atom. The lowest BCUT2D eigenvalue weighted by atomic mass is 9.98. The Balaban J connectivity index is 1.47. The van der Waals surface area contributed by atoms with Crippen molar-refractivity contribution < 1.29 is 4.79 Å². The summed E-state index contributed by atoms with van der Waals surface area (Å²) < 4.78 is 1.71. The maximum atomic E-state index is 13.0. The molecule has 0 radical (unpaired) electrons. The lowest BCUT2D eigenvalue weighted by Gasteiger charge is -2.21. The van der Waals surface area contributed by atoms with Crippen LogP contribution in [0.5, 0.6) is 0 Å². The van der Waals surface area contributed by atoms with Crippen LogP contribution in [0.1, 0.15) is 24.1 Å². The molecule has 6 heteroatoms. The number of carbonyl (C=O) groups excluding carboxylic acids is 1. The topological polar surface area (TPSA) is 59.8 Å². The van der Waals surface area contributed by atoms with E-state index in [1.807, 2.05) is 97.9 Å². The SMILES string of the molecule is CC(Sc1ncn(-c2ccccc2)n1)C(=O)NC(c1ccccc1)c1ccccc1. The van der Waals surface area contributed by atoms with E-state index in [2.05, 4.69) is 15.4 Å². The lowest BCUT2D eigenvalue weighted by Crippen LogP contribution is -2.35. The number of nitrogens with one attached hydrogen (secondary N) is 1. The highest BCUT2D eigenvalue weighted by atomic mass is 32.2. The third kappa shape index (κ3) is 4.78. The van der Waals surface area contributed by atoms with Gasteiger partial charge in [0.2, 0.25) is 11.1 Å². The van der Waals surface area contributed by atoms with Crippen LogP contribution in [0.4, 0.5) is 0 Å². The van der Waals surface area contributed by atoms with Crippen LogP contribution >= 0.6 is 11.8 Å². The molecule has 0 saturated heterocycles. The number of para-hydroxylation sites is 1. The summed E-state index contributed by atoms with van der Waals surface area (Å²) >= 11 is 1.34. The van der Waals surface area contributed by atoms with Crippen molar-refractivity contribution >= 4 is 17.7 Å². The average Bonchev–Trinajstić information content (AvgIpc) is 3.27. The molecule has 5 nitrogen and oxygen atoms in total. The van der Waals surface area contributed by atoms with E-state index < -0.39 is 0 Å². The van der Waals surface area contributed by atoms with Crippen molar-refractivity contribution in [2.24, 2.45) is 0 Å². The monoisotopic (exact) mass is 414 g/mol. The zero-order valence-electron chi connectivity index (χ0n) is 16.6. The molecule has 3 aromatic carbocycles. The van der Waals surface area contributed by atoms with Crippen molar-refractivity contribution in [1.29, 1.82) is 0 Å². The molecule has 1 N–H and O–H groups in total. The predicted octanol–water partition coefficient (Wildman–Crippen LogP) is 4.65. The fourth-order valence-corrected chi connectivity index (χ4v) is 3.86. The Bertz CT molecular complexity index is 1040. The van der Waals surface area contributed by atoms with Gasteiger partial charge in [-0.15, -0.1) is 5.10 Å². The second-order valence-electron chi connectivity index (χ2n) is 6.83. The number of hydrogen-bond acceptors (Lipinski definition) is 4. The third-order valence-electron chi connectivity index (χ3n) is 4.70. The molecule has 0 aliphatic carbocycles. The van der Waals surface area contributed by atoms with Gasteiger partial charge < -0.3 is 5.32 Å². The van der Waals surface area contributed by atoms with Crippen molar-refractivity contribution in [3.63, 3.8) is 0 Å². The molecule has 30 heavy (non-hydrogen) atoms. The van der Waals surface area contributed by atoms with Gasteiger partial charge >= 0.3 is 0 Å². The summed E-state index contributed by atoms with van der Waals surface area (Å²) in [5, 5.41) is 7.90. The molecule has 1 aromatic heterocycles. The fourth-order valence-electron chi connectivity index (χ4n) is 3.13. The molecule has 0 aliphatic rings. The van der Waals surface area contributed by atoms with Gasteiger partial charge in [0.1, 0.15) is 6.33 Å². The first-order valence-corrected chi connectivity index (χ1v) is 10.6. The van der Waals surface area contributed by atoms with Gasteiger partial charge in [-0.2, -0.15) is 0 Å². The molecule has 0 aliphatic heterocycles. The first-order valence-electron chi connectivity index (χ1n) is 9.75. The molecule has 4 rings (SSSR count). The van der Waals surface area contributed by atoms with Gasteiger partial charge in [0.05, 0.1) is 17.0 Å². The highest BCUT2D eigenvalue weighted by molar-refractivity contribution is 8.00. The standard InChI is InChI=1S/C24H22N4OS/c1-18(30-24-25-17-28(27-24)21-15-9-4-10-16-21)23(29)26-22(19-11-5-2-6-12-19)20-13-7-3-8-14-20/h2-18,22H,1H3,(H,26,29). The minimum absolute atomic E-state index is 0.0613. The van der Waals surface area contributed by atoms with Crippen LogP contribution in [0.3, 0.4) is 0 Å². The van der Waals surface area contributed by atoms with Crippen LogP contribution in [0.25, 0.3) is 5.69 Å². The Morgan fingerprint density at radius 3 is 1.97 bits per heavy atom. The highest BCUT2D eigenvalue weighted by Gasteiger charge is 2.22. The Hall–Kier alpha value is -3.38. The van der Waals surface area contributed by atoms with Gasteiger partial charge in [-0.1, -0.05) is 90.6 Å². The smallest absolute Gasteiger partial charge is 0.234 e. The number of carbonyl (C=O) groups is 1. The van der Waals surface area contributed by atoms with Crippen LogP contribution < -0.4 is 5.32 Å². The largest absolute Gasteiger partial charge is 0.344 e. The molecule has 0 bridgehead atoms. The molecule has 1 heterocycles. The van der Waals surface area contributed by atoms with E-state index >= 15 is 0 Å². The zero-order valence-corrected chi connectivity index (χ0v) is 17.4. The summed E-state index contributed by atoms with van der Waals surface area (Å²) in [7, 11) is 0. The van der Waals surface area contributed by atoms with Crippen LogP contribution in [0.15, 0.2) is 102 Å². The maximum Gasteiger partial charge on any atom is 0.234 e. The normalized spacial score (nSPS) is 11.9. The number of hydrogen-bond donors (Lipinski definition) is 1. The van der Waals surface area contributed by atoms with Gasteiger partial charge in [0.15, 0.2) is 0 Å². The number of aromatic nitrogens is 3. The van der Waals surface area contributed by atoms with E-state index in [0.717, 1.165) is 16.8 Å². The summed E-state index contributed by atoms with van der Waals surface area (Å²) in [6, 6.07) is 29.6. The number of benzene rings is 3. The molecule has 0 spiro atoms. The highest BCUT2D eigenvalue weighted by Crippen LogP contribution is 2.25. The molecule has 0 fully saturated rings. The second kappa shape index (κ2) is 9.41. The molecule has 1 unspecified atom stereocenters. The molecule has 1 amide bonds. The van der Waals surface area contributed by atoms with Crippen molar-refractivity contribution in [1.82, 2.24) is 20.1 Å². The molecule has 150 valence electrons. The lowest BCUT2D eigenvalue weighted by molar-refractivity contribution is -0.120. The van der Waals surface area contributed by atoms with E-state index in [1.54, 1.807) is 11.0 Å². The van der Waals surface area contributed by atoms with Gasteiger partial charge in [0, 0.05) is 0 Å². The van der Waals surface area contributed by atoms with Gasteiger partial charge in [-0.3, -0.25) is 4.79 Å². The van der Waals surface area contributed by atoms with E-state index in [4.69, 9.17) is 0 Å². The number of amides is 1. The minimum Gasteiger partial charge on any atom is -0.344 e.